The number of nitrogen functional groups attached to an aromatic ring is 1. The molecule has 0 atom stereocenters. The Hall–Kier alpha value is -1.56. The number of nitrogens with zero attached hydrogens (tertiary/aromatic N) is 3. The molecule has 12 heavy (non-hydrogen) atoms. The minimum Gasteiger partial charge on any atom is -0.336 e. The summed E-state index contributed by atoms with van der Waals surface area (Å²) >= 11 is 5.49. The van der Waals surface area contributed by atoms with Gasteiger partial charge in [-0.15, -0.1) is 0 Å². The predicted molar refractivity (Wildman–Crippen MR) is 43.3 cm³/mol. The van der Waals surface area contributed by atoms with E-state index < -0.39 is 5.56 Å². The van der Waals surface area contributed by atoms with Crippen molar-refractivity contribution < 1.29 is 0 Å². The third-order valence-electron chi connectivity index (χ3n) is 1.40. The first kappa shape index (κ1) is 7.11. The zero-order chi connectivity index (χ0) is 8.72. The van der Waals surface area contributed by atoms with Gasteiger partial charge >= 0.3 is 0 Å². The second-order valence-electron chi connectivity index (χ2n) is 2.18. The van der Waals surface area contributed by atoms with Crippen LogP contribution in [0.4, 0.5) is 0 Å². The molecule has 0 aliphatic carbocycles. The van der Waals surface area contributed by atoms with Gasteiger partial charge in [-0.25, -0.2) is 9.66 Å². The molecule has 0 unspecified atom stereocenters. The van der Waals surface area contributed by atoms with E-state index in [-0.39, 0.29) is 16.4 Å². The molecule has 0 radical (unpaired) electrons. The van der Waals surface area contributed by atoms with E-state index in [1.54, 1.807) is 0 Å². The van der Waals surface area contributed by atoms with Crippen molar-refractivity contribution in [3.8, 4) is 0 Å². The van der Waals surface area contributed by atoms with Gasteiger partial charge in [0, 0.05) is 0 Å². The van der Waals surface area contributed by atoms with Crippen molar-refractivity contribution in [3.63, 3.8) is 0 Å². The van der Waals surface area contributed by atoms with Crippen LogP contribution >= 0.6 is 11.6 Å². The van der Waals surface area contributed by atoms with Gasteiger partial charge in [0.15, 0.2) is 11.2 Å². The average molecular weight is 186 g/mol. The summed E-state index contributed by atoms with van der Waals surface area (Å²) in [7, 11) is 0. The molecule has 2 aromatic heterocycles. The van der Waals surface area contributed by atoms with Gasteiger partial charge in [-0.1, -0.05) is 0 Å². The molecule has 7 heteroatoms. The third-order valence-corrected chi connectivity index (χ3v) is 1.58. The van der Waals surface area contributed by atoms with Gasteiger partial charge in [-0.2, -0.15) is 4.98 Å². The van der Waals surface area contributed by atoms with E-state index in [4.69, 9.17) is 17.4 Å². The third kappa shape index (κ3) is 0.850. The first-order chi connectivity index (χ1) is 5.68. The lowest BCUT2D eigenvalue weighted by Gasteiger charge is -1.92. The van der Waals surface area contributed by atoms with E-state index in [2.05, 4.69) is 15.0 Å². The van der Waals surface area contributed by atoms with Gasteiger partial charge in [0.05, 0.1) is 0 Å². The Labute approximate surface area is 71.0 Å². The topological polar surface area (TPSA) is 89.6 Å². The molecule has 0 aromatic carbocycles. The number of hydrogen-bond donors (Lipinski definition) is 2. The summed E-state index contributed by atoms with van der Waals surface area (Å²) in [6, 6.07) is 0. The number of H-pyrrole nitrogens is 1. The second kappa shape index (κ2) is 2.21. The number of aromatic nitrogens is 4. The van der Waals surface area contributed by atoms with E-state index in [0.717, 1.165) is 4.68 Å². The largest absolute Gasteiger partial charge is 0.336 e. The summed E-state index contributed by atoms with van der Waals surface area (Å²) in [5.74, 6) is 5.39. The molecule has 0 saturated heterocycles. The van der Waals surface area contributed by atoms with Crippen molar-refractivity contribution in [3.05, 3.63) is 22.0 Å². The van der Waals surface area contributed by atoms with Gasteiger partial charge in [0.25, 0.3) is 5.56 Å². The fourth-order valence-corrected chi connectivity index (χ4v) is 1.07. The number of aromatic amines is 1. The van der Waals surface area contributed by atoms with Gasteiger partial charge in [0.1, 0.15) is 6.33 Å². The second-order valence-corrected chi connectivity index (χ2v) is 2.54. The van der Waals surface area contributed by atoms with E-state index >= 15 is 0 Å². The zero-order valence-corrected chi connectivity index (χ0v) is 6.54. The fraction of sp³-hybridized carbons (Fsp3) is 0. The first-order valence-electron chi connectivity index (χ1n) is 3.06. The standard InChI is InChI=1S/C5H4ClN5O/c6-5-9-3-2(4(12)10-5)8-1-11(3)7/h1H,7H2,(H,9,10,12). The molecule has 0 spiro atoms. The molecule has 2 heterocycles. The van der Waals surface area contributed by atoms with Crippen LogP contribution in [0, 0.1) is 0 Å². The summed E-state index contributed by atoms with van der Waals surface area (Å²) in [5.41, 5.74) is 0.0554. The summed E-state index contributed by atoms with van der Waals surface area (Å²) in [4.78, 5) is 20.9. The van der Waals surface area contributed by atoms with Crippen LogP contribution in [-0.2, 0) is 0 Å². The summed E-state index contributed by atoms with van der Waals surface area (Å²) in [5, 5.41) is -0.000278. The maximum absolute atomic E-state index is 11.1. The number of hydrogen-bond acceptors (Lipinski definition) is 4. The van der Waals surface area contributed by atoms with Crippen molar-refractivity contribution >= 4 is 22.8 Å². The van der Waals surface area contributed by atoms with Crippen molar-refractivity contribution in [1.82, 2.24) is 19.6 Å². The zero-order valence-electron chi connectivity index (χ0n) is 5.78. The van der Waals surface area contributed by atoms with Crippen LogP contribution in [0.3, 0.4) is 0 Å². The molecule has 3 N–H and O–H groups in total. The minimum atomic E-state index is -0.394. The Morgan fingerprint density at radius 3 is 3.17 bits per heavy atom. The lowest BCUT2D eigenvalue weighted by Crippen LogP contribution is -2.12. The van der Waals surface area contributed by atoms with Crippen molar-refractivity contribution in [2.24, 2.45) is 0 Å². The Morgan fingerprint density at radius 2 is 2.42 bits per heavy atom. The number of fused-ring (bicyclic) bond motifs is 1. The Kier molecular flexibility index (Phi) is 1.31. The molecule has 0 saturated carbocycles. The van der Waals surface area contributed by atoms with Crippen LogP contribution in [0.1, 0.15) is 0 Å². The molecule has 62 valence electrons. The quantitative estimate of drug-likeness (QED) is 0.427. The highest BCUT2D eigenvalue weighted by molar-refractivity contribution is 6.28. The van der Waals surface area contributed by atoms with Crippen LogP contribution < -0.4 is 11.4 Å². The molecule has 0 amide bonds. The van der Waals surface area contributed by atoms with Crippen molar-refractivity contribution in [2.75, 3.05) is 5.84 Å². The molecular weight excluding hydrogens is 182 g/mol. The number of rotatable bonds is 0. The van der Waals surface area contributed by atoms with Crippen LogP contribution in [0.25, 0.3) is 11.2 Å². The monoisotopic (exact) mass is 185 g/mol. The van der Waals surface area contributed by atoms with Crippen LogP contribution in [0.2, 0.25) is 5.28 Å². The van der Waals surface area contributed by atoms with E-state index in [1.807, 2.05) is 0 Å². The lowest BCUT2D eigenvalue weighted by molar-refractivity contribution is 1.01. The number of nitrogens with one attached hydrogen (secondary N) is 1. The molecule has 2 aromatic rings. The smallest absolute Gasteiger partial charge is 0.280 e. The molecule has 0 aliphatic heterocycles. The normalized spacial score (nSPS) is 10.8. The van der Waals surface area contributed by atoms with Crippen LogP contribution in [0.5, 0.6) is 0 Å². The van der Waals surface area contributed by atoms with E-state index in [1.165, 1.54) is 6.33 Å². The number of imidazole rings is 1. The Bertz CT molecular complexity index is 486. The highest BCUT2D eigenvalue weighted by Gasteiger charge is 2.06. The predicted octanol–water partition coefficient (Wildman–Crippen LogP) is -0.513. The maximum Gasteiger partial charge on any atom is 0.280 e. The number of nitrogens with two attached hydrogens (primary N) is 1. The minimum absolute atomic E-state index is 0.000278. The Balaban J connectivity index is 3.03. The Morgan fingerprint density at radius 1 is 1.67 bits per heavy atom. The lowest BCUT2D eigenvalue weighted by atomic mass is 10.5. The summed E-state index contributed by atoms with van der Waals surface area (Å²) in [6.07, 6.45) is 1.29. The van der Waals surface area contributed by atoms with Gasteiger partial charge in [0.2, 0.25) is 5.28 Å². The maximum atomic E-state index is 11.1. The molecule has 2 rings (SSSR count). The molecular formula is C5H4ClN5O. The van der Waals surface area contributed by atoms with Crippen molar-refractivity contribution in [2.45, 2.75) is 0 Å². The SMILES string of the molecule is Nn1cnc2c(=O)[nH]c(Cl)nc21. The molecule has 0 bridgehead atoms. The molecule has 6 nitrogen and oxygen atoms in total. The van der Waals surface area contributed by atoms with Crippen molar-refractivity contribution in [1.29, 1.82) is 0 Å². The molecule has 0 aliphatic rings. The van der Waals surface area contributed by atoms with Crippen LogP contribution in [0.15, 0.2) is 11.1 Å². The van der Waals surface area contributed by atoms with Gasteiger partial charge < -0.3 is 5.84 Å². The summed E-state index contributed by atoms with van der Waals surface area (Å²) in [6.45, 7) is 0. The number of halogens is 1. The first-order valence-corrected chi connectivity index (χ1v) is 3.44. The summed E-state index contributed by atoms with van der Waals surface area (Å²) < 4.78 is 1.14. The average Bonchev–Trinajstić information content (AvgIpc) is 2.33. The van der Waals surface area contributed by atoms with E-state index in [9.17, 15) is 4.79 Å². The molecule has 0 fully saturated rings. The fourth-order valence-electron chi connectivity index (χ4n) is 0.899. The highest BCUT2D eigenvalue weighted by Crippen LogP contribution is 2.04. The van der Waals surface area contributed by atoms with Gasteiger partial charge in [-0.05, 0) is 11.6 Å². The highest BCUT2D eigenvalue weighted by atomic mass is 35.5. The van der Waals surface area contributed by atoms with Crippen LogP contribution in [-0.4, -0.2) is 19.6 Å². The van der Waals surface area contributed by atoms with Gasteiger partial charge in [-0.3, -0.25) is 9.78 Å². The van der Waals surface area contributed by atoms with E-state index in [0.29, 0.717) is 0 Å².